The molecule has 128 valence electrons. The normalized spacial score (nSPS) is 35.1. The number of ether oxygens (including phenoxy) is 2. The lowest BCUT2D eigenvalue weighted by Crippen LogP contribution is -2.39. The van der Waals surface area contributed by atoms with Gasteiger partial charge < -0.3 is 29.1 Å². The molecule has 1 saturated heterocycles. The third kappa shape index (κ3) is 4.32. The number of aliphatic hydroxyl groups excluding tert-OH is 1. The van der Waals surface area contributed by atoms with Crippen LogP contribution in [0, 0.1) is 0 Å². The molecule has 0 aromatic rings. The lowest BCUT2D eigenvalue weighted by molar-refractivity contribution is -0.0377. The van der Waals surface area contributed by atoms with Crippen LogP contribution >= 0.6 is 7.60 Å². The van der Waals surface area contributed by atoms with Gasteiger partial charge in [-0.1, -0.05) is 6.92 Å². The minimum absolute atomic E-state index is 0.0655. The smallest absolute Gasteiger partial charge is 0.359 e. The van der Waals surface area contributed by atoms with E-state index in [4.69, 9.17) is 21.8 Å². The Morgan fingerprint density at radius 2 is 1.91 bits per heavy atom. The summed E-state index contributed by atoms with van der Waals surface area (Å²) in [6.45, 7) is 6.01. The van der Waals surface area contributed by atoms with E-state index in [9.17, 15) is 19.7 Å². The molecule has 0 amide bonds. The summed E-state index contributed by atoms with van der Waals surface area (Å²) < 4.78 is 28.0. The van der Waals surface area contributed by atoms with Crippen molar-refractivity contribution >= 4 is 15.4 Å². The van der Waals surface area contributed by atoms with E-state index >= 15 is 0 Å². The van der Waals surface area contributed by atoms with Crippen molar-refractivity contribution in [1.29, 1.82) is 0 Å². The molecule has 9 heteroatoms. The van der Waals surface area contributed by atoms with Gasteiger partial charge in [0.05, 0.1) is 11.7 Å². The van der Waals surface area contributed by atoms with Crippen molar-refractivity contribution in [2.75, 3.05) is 7.11 Å². The molecule has 1 fully saturated rings. The van der Waals surface area contributed by atoms with Gasteiger partial charge in [-0.25, -0.2) is 0 Å². The molecule has 0 saturated carbocycles. The van der Waals surface area contributed by atoms with E-state index in [1.807, 2.05) is 0 Å². The van der Waals surface area contributed by atoms with E-state index in [2.05, 4.69) is 0 Å². The Labute approximate surface area is 132 Å². The second-order valence-electron chi connectivity index (χ2n) is 6.48. The van der Waals surface area contributed by atoms with Crippen molar-refractivity contribution in [2.24, 2.45) is 0 Å². The van der Waals surface area contributed by atoms with Gasteiger partial charge in [-0.2, -0.15) is 0 Å². The quantitative estimate of drug-likeness (QED) is 0.465. The summed E-state index contributed by atoms with van der Waals surface area (Å²) in [7, 11) is 2.86. The molecular weight excluding hydrogens is 310 g/mol. The number of methoxy groups -OCH3 is 1. The molecular formula is C13H26BO7P. The number of hydrogen-bond acceptors (Lipinski definition) is 6. The molecule has 1 heterocycles. The predicted molar refractivity (Wildman–Crippen MR) is 81.7 cm³/mol. The number of aliphatic hydroxyl groups is 2. The average molecular weight is 336 g/mol. The van der Waals surface area contributed by atoms with E-state index < -0.39 is 42.9 Å². The topological polar surface area (TPSA) is 105 Å². The van der Waals surface area contributed by atoms with E-state index in [1.165, 1.54) is 14.0 Å². The van der Waals surface area contributed by atoms with Crippen molar-refractivity contribution in [3.63, 3.8) is 0 Å². The zero-order valence-electron chi connectivity index (χ0n) is 13.7. The molecule has 1 aliphatic rings. The van der Waals surface area contributed by atoms with Crippen LogP contribution < -0.4 is 0 Å². The molecule has 22 heavy (non-hydrogen) atoms. The Balaban J connectivity index is 2.78. The first-order valence-electron chi connectivity index (χ1n) is 7.25. The molecule has 1 rings (SSSR count). The van der Waals surface area contributed by atoms with E-state index in [0.29, 0.717) is 0 Å². The molecule has 0 spiro atoms. The highest BCUT2D eigenvalue weighted by molar-refractivity contribution is 7.54. The Morgan fingerprint density at radius 3 is 2.32 bits per heavy atom. The van der Waals surface area contributed by atoms with E-state index in [0.717, 1.165) is 0 Å². The van der Waals surface area contributed by atoms with Gasteiger partial charge in [-0.15, -0.1) is 0 Å². The van der Waals surface area contributed by atoms with Gasteiger partial charge in [0, 0.05) is 19.5 Å². The summed E-state index contributed by atoms with van der Waals surface area (Å²) in [6, 6.07) is -0.777. The number of rotatable bonds is 7. The summed E-state index contributed by atoms with van der Waals surface area (Å²) in [5, 5.41) is 18.3. The lowest BCUT2D eigenvalue weighted by Gasteiger charge is -2.35. The minimum atomic E-state index is -4.28. The molecule has 1 aliphatic heterocycles. The molecule has 6 atom stereocenters. The van der Waals surface area contributed by atoms with Gasteiger partial charge in [0.1, 0.15) is 20.1 Å². The summed E-state index contributed by atoms with van der Waals surface area (Å²) >= 11 is 0. The zero-order chi connectivity index (χ0) is 17.3. The molecule has 1 unspecified atom stereocenters. The maximum atomic E-state index is 12.3. The van der Waals surface area contributed by atoms with Gasteiger partial charge >= 0.3 is 7.60 Å². The van der Waals surface area contributed by atoms with Gasteiger partial charge in [0.2, 0.25) is 0 Å². The summed E-state index contributed by atoms with van der Waals surface area (Å²) in [4.78, 5) is 10.00. The summed E-state index contributed by atoms with van der Waals surface area (Å²) in [5.74, 6) is 0. The Morgan fingerprint density at radius 1 is 1.36 bits per heavy atom. The van der Waals surface area contributed by atoms with Gasteiger partial charge in [0.15, 0.2) is 5.34 Å². The fraction of sp³-hybridized carbons (Fsp3) is 1.00. The molecule has 0 aromatic carbocycles. The van der Waals surface area contributed by atoms with Crippen LogP contribution in [0.5, 0.6) is 0 Å². The van der Waals surface area contributed by atoms with Crippen LogP contribution in [-0.2, 0) is 18.6 Å². The van der Waals surface area contributed by atoms with Gasteiger partial charge in [0.25, 0.3) is 0 Å². The fourth-order valence-electron chi connectivity index (χ4n) is 2.36. The Kier molecular flexibility index (Phi) is 6.30. The third-order valence-corrected chi connectivity index (χ3v) is 6.26. The Bertz CT molecular complexity index is 429. The van der Waals surface area contributed by atoms with Crippen molar-refractivity contribution in [3.05, 3.63) is 0 Å². The highest BCUT2D eigenvalue weighted by atomic mass is 31.2. The van der Waals surface area contributed by atoms with Gasteiger partial charge in [-0.3, -0.25) is 4.57 Å². The van der Waals surface area contributed by atoms with E-state index in [1.54, 1.807) is 20.8 Å². The zero-order valence-corrected chi connectivity index (χ0v) is 14.6. The molecule has 2 radical (unpaired) electrons. The van der Waals surface area contributed by atoms with Crippen molar-refractivity contribution in [1.82, 2.24) is 0 Å². The van der Waals surface area contributed by atoms with Crippen LogP contribution in [0.25, 0.3) is 0 Å². The van der Waals surface area contributed by atoms with Crippen LogP contribution in [0.3, 0.4) is 0 Å². The summed E-state index contributed by atoms with van der Waals surface area (Å²) in [6.07, 6.45) is -2.14. The van der Waals surface area contributed by atoms with Crippen molar-refractivity contribution in [2.45, 2.75) is 75.8 Å². The van der Waals surface area contributed by atoms with E-state index in [-0.39, 0.29) is 12.8 Å². The van der Waals surface area contributed by atoms with Crippen LogP contribution in [-0.4, -0.2) is 65.3 Å². The van der Waals surface area contributed by atoms with Crippen molar-refractivity contribution < 1.29 is 33.7 Å². The molecule has 0 bridgehead atoms. The van der Waals surface area contributed by atoms with Crippen LogP contribution in [0.2, 0.25) is 0 Å². The van der Waals surface area contributed by atoms with Crippen LogP contribution in [0.15, 0.2) is 0 Å². The monoisotopic (exact) mass is 336 g/mol. The third-order valence-electron chi connectivity index (χ3n) is 3.99. The van der Waals surface area contributed by atoms with Gasteiger partial charge in [-0.05, 0) is 27.2 Å². The SMILES string of the molecule is [B][C@@H]1O[C@H](CC(C)(C)OP(=O)(O)[C@@](C)(O)CC)[C@@H](O)[C@H]1OC. The molecule has 7 nitrogen and oxygen atoms in total. The average Bonchev–Trinajstić information content (AvgIpc) is 2.61. The fourth-order valence-corrected chi connectivity index (χ4v) is 3.70. The second kappa shape index (κ2) is 6.89. The largest absolute Gasteiger partial charge is 0.388 e. The first kappa shape index (κ1) is 20.1. The Hall–Kier alpha value is 0.0549. The first-order valence-corrected chi connectivity index (χ1v) is 8.82. The maximum absolute atomic E-state index is 12.3. The standard InChI is InChI=1S/C13H26BO7P/c1-6-13(4,16)22(17,18)21-12(2,3)7-8-9(15)10(19-5)11(14)20-8/h8-11,15-16H,6-7H2,1-5H3,(H,17,18)/t8-,9-,10-,11-,13-/m1/s1. The molecule has 3 N–H and O–H groups in total. The maximum Gasteiger partial charge on any atom is 0.359 e. The first-order chi connectivity index (χ1) is 9.87. The number of hydrogen-bond donors (Lipinski definition) is 3. The lowest BCUT2D eigenvalue weighted by atomic mass is 9.91. The summed E-state index contributed by atoms with van der Waals surface area (Å²) in [5.41, 5.74) is -1.11. The van der Waals surface area contributed by atoms with Crippen LogP contribution in [0.1, 0.15) is 40.5 Å². The van der Waals surface area contributed by atoms with Crippen LogP contribution in [0.4, 0.5) is 0 Å². The molecule has 0 aliphatic carbocycles. The van der Waals surface area contributed by atoms with Crippen molar-refractivity contribution in [3.8, 4) is 0 Å². The minimum Gasteiger partial charge on any atom is -0.388 e. The highest BCUT2D eigenvalue weighted by Crippen LogP contribution is 2.58. The predicted octanol–water partition coefficient (Wildman–Crippen LogP) is 0.745. The second-order valence-corrected chi connectivity index (χ2v) is 8.66. The highest BCUT2D eigenvalue weighted by Gasteiger charge is 2.48. The molecule has 0 aromatic heterocycles.